The molecule has 2 rings (SSSR count). The molecule has 1 saturated heterocycles. The Morgan fingerprint density at radius 3 is 2.92 bits per heavy atom. The third kappa shape index (κ3) is 3.88. The van der Waals surface area contributed by atoms with E-state index < -0.39 is 5.60 Å². The zero-order valence-electron chi connectivity index (χ0n) is 14.2. The van der Waals surface area contributed by atoms with Crippen molar-refractivity contribution in [2.75, 3.05) is 40.5 Å². The molecule has 1 aliphatic rings. The highest BCUT2D eigenvalue weighted by molar-refractivity contribution is 6.33. The Morgan fingerprint density at radius 2 is 2.29 bits per heavy atom. The lowest BCUT2D eigenvalue weighted by molar-refractivity contribution is -0.131. The number of carbonyl (C=O) groups excluding carboxylic acids is 2. The van der Waals surface area contributed by atoms with Gasteiger partial charge in [0.25, 0.3) is 5.91 Å². The molecular weight excluding hydrogens is 336 g/mol. The maximum atomic E-state index is 12.9. The molecule has 1 aliphatic heterocycles. The number of nitrogens with one attached hydrogen (secondary N) is 1. The lowest BCUT2D eigenvalue weighted by Gasteiger charge is -2.33. The Bertz CT molecular complexity index is 606. The van der Waals surface area contributed by atoms with Crippen LogP contribution in [0.1, 0.15) is 23.8 Å². The van der Waals surface area contributed by atoms with Crippen molar-refractivity contribution in [3.05, 3.63) is 16.9 Å². The lowest BCUT2D eigenvalue weighted by Crippen LogP contribution is -2.50. The molecule has 0 aromatic carbocycles. The Labute approximate surface area is 146 Å². The second-order valence-electron chi connectivity index (χ2n) is 5.67. The fraction of sp³-hybridized carbons (Fsp3) is 0.667. The van der Waals surface area contributed by atoms with E-state index in [-0.39, 0.29) is 31.4 Å². The summed E-state index contributed by atoms with van der Waals surface area (Å²) in [5.74, 6) is -0.422. The van der Waals surface area contributed by atoms with E-state index in [2.05, 4.69) is 10.4 Å². The van der Waals surface area contributed by atoms with Crippen molar-refractivity contribution in [2.24, 2.45) is 0 Å². The predicted molar refractivity (Wildman–Crippen MR) is 88.1 cm³/mol. The first-order valence-corrected chi connectivity index (χ1v) is 8.18. The highest BCUT2D eigenvalue weighted by Gasteiger charge is 2.39. The molecule has 134 valence electrons. The number of ether oxygens (including phenoxy) is 2. The minimum Gasteiger partial charge on any atom is -0.377 e. The van der Waals surface area contributed by atoms with Crippen molar-refractivity contribution >= 4 is 23.4 Å². The van der Waals surface area contributed by atoms with Gasteiger partial charge < -0.3 is 19.7 Å². The van der Waals surface area contributed by atoms with Crippen molar-refractivity contribution in [3.8, 4) is 0 Å². The van der Waals surface area contributed by atoms with E-state index in [9.17, 15) is 9.59 Å². The van der Waals surface area contributed by atoms with Gasteiger partial charge in [-0.2, -0.15) is 5.10 Å². The number of hydrogen-bond acceptors (Lipinski definition) is 5. The molecule has 9 heteroatoms. The number of aryl methyl sites for hydroxylation is 1. The van der Waals surface area contributed by atoms with Crippen molar-refractivity contribution in [1.82, 2.24) is 20.0 Å². The summed E-state index contributed by atoms with van der Waals surface area (Å²) in [7, 11) is 3.08. The Kier molecular flexibility index (Phi) is 6.20. The average Bonchev–Trinajstić information content (AvgIpc) is 2.83. The van der Waals surface area contributed by atoms with Gasteiger partial charge in [-0.05, 0) is 6.92 Å². The van der Waals surface area contributed by atoms with Crippen LogP contribution < -0.4 is 5.32 Å². The molecule has 0 spiro atoms. The van der Waals surface area contributed by atoms with Crippen LogP contribution >= 0.6 is 11.6 Å². The van der Waals surface area contributed by atoms with Crippen molar-refractivity contribution in [2.45, 2.75) is 25.5 Å². The third-order valence-electron chi connectivity index (χ3n) is 4.13. The van der Waals surface area contributed by atoms with Crippen LogP contribution in [-0.4, -0.2) is 72.6 Å². The fourth-order valence-corrected chi connectivity index (χ4v) is 2.95. The Hall–Kier alpha value is -1.64. The molecule has 0 bridgehead atoms. The van der Waals surface area contributed by atoms with Gasteiger partial charge >= 0.3 is 0 Å². The number of methoxy groups -OCH3 is 1. The summed E-state index contributed by atoms with van der Waals surface area (Å²) in [6.07, 6.45) is 1.56. The second-order valence-corrected chi connectivity index (χ2v) is 6.08. The van der Waals surface area contributed by atoms with Crippen molar-refractivity contribution in [1.29, 1.82) is 0 Å². The van der Waals surface area contributed by atoms with Crippen molar-refractivity contribution in [3.63, 3.8) is 0 Å². The van der Waals surface area contributed by atoms with Gasteiger partial charge in [-0.1, -0.05) is 11.6 Å². The summed E-state index contributed by atoms with van der Waals surface area (Å²) in [5, 5.41) is 6.99. The van der Waals surface area contributed by atoms with E-state index >= 15 is 0 Å². The number of nitrogens with zero attached hydrogens (tertiary/aromatic N) is 3. The first-order valence-electron chi connectivity index (χ1n) is 7.80. The van der Waals surface area contributed by atoms with Crippen LogP contribution in [0.25, 0.3) is 0 Å². The number of amides is 2. The van der Waals surface area contributed by atoms with E-state index in [1.807, 2.05) is 6.92 Å². The molecule has 1 N–H and O–H groups in total. The number of carbonyl (C=O) groups is 2. The quantitative estimate of drug-likeness (QED) is 0.830. The van der Waals surface area contributed by atoms with Crippen LogP contribution in [0.4, 0.5) is 0 Å². The fourth-order valence-electron chi connectivity index (χ4n) is 2.73. The minimum atomic E-state index is -0.893. The monoisotopic (exact) mass is 358 g/mol. The number of rotatable bonds is 5. The van der Waals surface area contributed by atoms with E-state index in [0.717, 1.165) is 0 Å². The average molecular weight is 359 g/mol. The smallest absolute Gasteiger partial charge is 0.273 e. The molecule has 1 atom stereocenters. The van der Waals surface area contributed by atoms with Crippen LogP contribution in [-0.2, 0) is 20.8 Å². The molecule has 2 heterocycles. The molecule has 8 nitrogen and oxygen atoms in total. The zero-order chi connectivity index (χ0) is 17.7. The van der Waals surface area contributed by atoms with Gasteiger partial charge in [0.05, 0.1) is 37.4 Å². The van der Waals surface area contributed by atoms with Gasteiger partial charge in [0.2, 0.25) is 5.91 Å². The van der Waals surface area contributed by atoms with Gasteiger partial charge in [0.15, 0.2) is 0 Å². The topological polar surface area (TPSA) is 85.7 Å². The van der Waals surface area contributed by atoms with Crippen LogP contribution in [0.2, 0.25) is 5.02 Å². The maximum Gasteiger partial charge on any atom is 0.273 e. The number of hydrogen-bond donors (Lipinski definition) is 1. The van der Waals surface area contributed by atoms with E-state index in [1.165, 1.54) is 13.3 Å². The van der Waals surface area contributed by atoms with E-state index in [1.54, 1.807) is 16.6 Å². The summed E-state index contributed by atoms with van der Waals surface area (Å²) in [6.45, 7) is 3.65. The minimum absolute atomic E-state index is 0.102. The maximum absolute atomic E-state index is 12.9. The molecule has 1 fully saturated rings. The van der Waals surface area contributed by atoms with Crippen molar-refractivity contribution < 1.29 is 19.1 Å². The summed E-state index contributed by atoms with van der Waals surface area (Å²) < 4.78 is 12.7. The molecule has 24 heavy (non-hydrogen) atoms. The first-order chi connectivity index (χ1) is 11.5. The highest BCUT2D eigenvalue weighted by atomic mass is 35.5. The Balaban J connectivity index is 2.26. The largest absolute Gasteiger partial charge is 0.377 e. The van der Waals surface area contributed by atoms with Gasteiger partial charge in [-0.3, -0.25) is 14.3 Å². The van der Waals surface area contributed by atoms with Crippen LogP contribution in [0, 0.1) is 0 Å². The van der Waals surface area contributed by atoms with Crippen LogP contribution in [0.3, 0.4) is 0 Å². The summed E-state index contributed by atoms with van der Waals surface area (Å²) in [4.78, 5) is 26.4. The predicted octanol–water partition coefficient (Wildman–Crippen LogP) is 0.550. The molecule has 0 radical (unpaired) electrons. The highest BCUT2D eigenvalue weighted by Crippen LogP contribution is 2.24. The number of aromatic nitrogens is 2. The number of halogens is 1. The zero-order valence-corrected chi connectivity index (χ0v) is 14.9. The lowest BCUT2D eigenvalue weighted by atomic mass is 9.99. The molecule has 1 unspecified atom stereocenters. The van der Waals surface area contributed by atoms with Crippen LogP contribution in [0.5, 0.6) is 0 Å². The Morgan fingerprint density at radius 1 is 1.54 bits per heavy atom. The molecular formula is C15H23ClN4O4. The van der Waals surface area contributed by atoms with E-state index in [4.69, 9.17) is 21.1 Å². The molecule has 0 saturated carbocycles. The molecule has 1 aromatic rings. The summed E-state index contributed by atoms with van der Waals surface area (Å²) in [5.41, 5.74) is -0.554. The SMILES string of the molecule is CCn1ncc(Cl)c1C(=O)N1CCOCC(CC(=O)NC)(OC)C1. The standard InChI is InChI=1S/C15H23ClN4O4/c1-4-20-13(11(16)8-18-20)14(22)19-5-6-24-10-15(9-19,23-3)7-12(21)17-2/h8H,4-7,9-10H2,1-3H3,(H,17,21). The molecule has 1 aromatic heterocycles. The molecule has 2 amide bonds. The molecule has 0 aliphatic carbocycles. The first kappa shape index (κ1) is 18.7. The summed E-state index contributed by atoms with van der Waals surface area (Å²) >= 11 is 6.13. The summed E-state index contributed by atoms with van der Waals surface area (Å²) in [6, 6.07) is 0. The van der Waals surface area contributed by atoms with E-state index in [0.29, 0.717) is 30.4 Å². The van der Waals surface area contributed by atoms with Gasteiger partial charge in [0, 0.05) is 27.2 Å². The normalized spacial score (nSPS) is 21.4. The van der Waals surface area contributed by atoms with Crippen LogP contribution in [0.15, 0.2) is 6.20 Å². The van der Waals surface area contributed by atoms with Gasteiger partial charge in [-0.15, -0.1) is 0 Å². The third-order valence-corrected chi connectivity index (χ3v) is 4.40. The van der Waals surface area contributed by atoms with Gasteiger partial charge in [0.1, 0.15) is 11.3 Å². The second kappa shape index (κ2) is 7.96. The van der Waals surface area contributed by atoms with Gasteiger partial charge in [-0.25, -0.2) is 0 Å².